The fraction of sp³-hybridized carbons (Fsp3) is 0.727. The predicted molar refractivity (Wildman–Crippen MR) is 55.4 cm³/mol. The molecule has 0 aliphatic heterocycles. The molecule has 17 heavy (non-hydrogen) atoms. The summed E-state index contributed by atoms with van der Waals surface area (Å²) < 4.78 is 39.0. The van der Waals surface area contributed by atoms with Gasteiger partial charge in [0.25, 0.3) is 0 Å². The van der Waals surface area contributed by atoms with E-state index in [1.807, 2.05) is 13.8 Å². The largest absolute Gasteiger partial charge is 0.435 e. The normalized spacial score (nSPS) is 29.2. The van der Waals surface area contributed by atoms with Gasteiger partial charge in [-0.2, -0.15) is 18.3 Å². The predicted octanol–water partition coefficient (Wildman–Crippen LogP) is 2.62. The van der Waals surface area contributed by atoms with Gasteiger partial charge in [0.15, 0.2) is 5.69 Å². The molecule has 2 aliphatic carbocycles. The van der Waals surface area contributed by atoms with Crippen molar-refractivity contribution in [1.29, 1.82) is 0 Å². The fourth-order valence-corrected chi connectivity index (χ4v) is 2.58. The highest BCUT2D eigenvalue weighted by Gasteiger charge is 2.57. The number of aliphatic hydroxyl groups is 1. The van der Waals surface area contributed by atoms with Crippen molar-refractivity contribution in [1.82, 2.24) is 9.78 Å². The average Bonchev–Trinajstić information content (AvgIpc) is 2.89. The van der Waals surface area contributed by atoms with Crippen molar-refractivity contribution in [2.24, 2.45) is 13.0 Å². The summed E-state index contributed by atoms with van der Waals surface area (Å²) in [5.74, 6) is -0.134. The molecule has 0 spiro atoms. The van der Waals surface area contributed by atoms with Gasteiger partial charge in [-0.1, -0.05) is 13.8 Å². The maximum atomic E-state index is 12.6. The molecule has 1 aromatic rings. The third-order valence-corrected chi connectivity index (χ3v) is 3.29. The third kappa shape index (κ3) is 1.66. The zero-order chi connectivity index (χ0) is 13.0. The van der Waals surface area contributed by atoms with Gasteiger partial charge in [0.05, 0.1) is 11.8 Å². The van der Waals surface area contributed by atoms with E-state index in [1.165, 1.54) is 7.05 Å². The summed E-state index contributed by atoms with van der Waals surface area (Å²) in [4.78, 5) is 0. The van der Waals surface area contributed by atoms with Gasteiger partial charge in [0.2, 0.25) is 0 Å². The molecular weight excluding hydrogens is 233 g/mol. The van der Waals surface area contributed by atoms with Crippen LogP contribution in [-0.4, -0.2) is 14.9 Å². The van der Waals surface area contributed by atoms with E-state index in [0.29, 0.717) is 12.1 Å². The van der Waals surface area contributed by atoms with Crippen molar-refractivity contribution in [3.8, 4) is 0 Å². The summed E-state index contributed by atoms with van der Waals surface area (Å²) in [6, 6.07) is 0. The van der Waals surface area contributed by atoms with E-state index >= 15 is 0 Å². The molecule has 6 heteroatoms. The van der Waals surface area contributed by atoms with Crippen LogP contribution in [0.5, 0.6) is 0 Å². The molecule has 1 aromatic heterocycles. The molecule has 0 aromatic carbocycles. The van der Waals surface area contributed by atoms with Crippen LogP contribution in [0.4, 0.5) is 13.2 Å². The Balaban J connectivity index is 0.000000514. The van der Waals surface area contributed by atoms with Crippen molar-refractivity contribution >= 4 is 0 Å². The quantitative estimate of drug-likeness (QED) is 0.766. The minimum absolute atomic E-state index is 0.00898. The number of rotatable bonds is 0. The minimum atomic E-state index is -4.41. The Morgan fingerprint density at radius 2 is 1.94 bits per heavy atom. The Kier molecular flexibility index (Phi) is 2.72. The molecule has 0 amide bonds. The lowest BCUT2D eigenvalue weighted by molar-refractivity contribution is -0.142. The molecule has 96 valence electrons. The van der Waals surface area contributed by atoms with Crippen LogP contribution in [0.2, 0.25) is 0 Å². The minimum Gasteiger partial charge on any atom is -0.386 e. The molecule has 0 saturated heterocycles. The Labute approximate surface area is 97.2 Å². The molecule has 1 N–H and O–H groups in total. The lowest BCUT2D eigenvalue weighted by Crippen LogP contribution is -2.09. The van der Waals surface area contributed by atoms with Crippen LogP contribution in [0.15, 0.2) is 0 Å². The van der Waals surface area contributed by atoms with Crippen LogP contribution in [0.3, 0.4) is 0 Å². The van der Waals surface area contributed by atoms with Crippen molar-refractivity contribution < 1.29 is 18.3 Å². The van der Waals surface area contributed by atoms with Crippen molar-refractivity contribution in [3.05, 3.63) is 17.0 Å². The van der Waals surface area contributed by atoms with Crippen molar-refractivity contribution in [3.63, 3.8) is 0 Å². The highest BCUT2D eigenvalue weighted by Crippen LogP contribution is 2.63. The van der Waals surface area contributed by atoms with Crippen LogP contribution < -0.4 is 0 Å². The smallest absolute Gasteiger partial charge is 0.386 e. The van der Waals surface area contributed by atoms with E-state index in [4.69, 9.17) is 0 Å². The Hall–Kier alpha value is -1.04. The molecule has 1 heterocycles. The van der Waals surface area contributed by atoms with E-state index in [-0.39, 0.29) is 17.4 Å². The molecule has 3 rings (SSSR count). The molecule has 3 nitrogen and oxygen atoms in total. The van der Waals surface area contributed by atoms with Crippen molar-refractivity contribution in [2.75, 3.05) is 0 Å². The number of nitrogens with zero attached hydrogens (tertiary/aromatic N) is 2. The number of aromatic nitrogens is 2. The number of aliphatic hydroxyl groups excluding tert-OH is 1. The van der Waals surface area contributed by atoms with Gasteiger partial charge >= 0.3 is 6.18 Å². The number of fused-ring (bicyclic) bond motifs is 3. The van der Waals surface area contributed by atoms with Gasteiger partial charge in [-0.25, -0.2) is 0 Å². The average molecular weight is 248 g/mol. The molecule has 1 fully saturated rings. The second kappa shape index (κ2) is 3.73. The topological polar surface area (TPSA) is 38.0 Å². The standard InChI is InChI=1S/C9H9F3N2O.C2H6/c1-14-6-5(3-2-4(3)7(6)15)8(13-14)9(10,11)12;1-2/h3-4,7,15H,2H2,1H3;1-2H3. The van der Waals surface area contributed by atoms with Gasteiger partial charge in [-0.05, 0) is 18.3 Å². The lowest BCUT2D eigenvalue weighted by atomic mass is 10.1. The Morgan fingerprint density at radius 1 is 1.35 bits per heavy atom. The van der Waals surface area contributed by atoms with Crippen LogP contribution in [0, 0.1) is 5.92 Å². The molecule has 2 aliphatic rings. The molecule has 1 saturated carbocycles. The van der Waals surface area contributed by atoms with Gasteiger partial charge in [0, 0.05) is 12.6 Å². The van der Waals surface area contributed by atoms with Gasteiger partial charge in [-0.15, -0.1) is 0 Å². The molecular formula is C11H15F3N2O. The number of halogens is 3. The highest BCUT2D eigenvalue weighted by molar-refractivity contribution is 5.44. The molecule has 3 unspecified atom stereocenters. The number of hydrogen-bond acceptors (Lipinski definition) is 2. The first-order valence-electron chi connectivity index (χ1n) is 5.73. The summed E-state index contributed by atoms with van der Waals surface area (Å²) >= 11 is 0. The summed E-state index contributed by atoms with van der Waals surface area (Å²) in [6.07, 6.45) is -4.52. The number of hydrogen-bond donors (Lipinski definition) is 1. The fourth-order valence-electron chi connectivity index (χ4n) is 2.58. The summed E-state index contributed by atoms with van der Waals surface area (Å²) in [5.41, 5.74) is -0.241. The van der Waals surface area contributed by atoms with E-state index < -0.39 is 18.0 Å². The second-order valence-corrected chi connectivity index (χ2v) is 4.22. The number of aryl methyl sites for hydroxylation is 1. The van der Waals surface area contributed by atoms with Crippen LogP contribution in [0.1, 0.15) is 49.2 Å². The van der Waals surface area contributed by atoms with Crippen LogP contribution >= 0.6 is 0 Å². The van der Waals surface area contributed by atoms with Gasteiger partial charge < -0.3 is 5.11 Å². The molecule has 3 atom stereocenters. The monoisotopic (exact) mass is 248 g/mol. The Morgan fingerprint density at radius 3 is 2.47 bits per heavy atom. The number of alkyl halides is 3. The highest BCUT2D eigenvalue weighted by atomic mass is 19.4. The van der Waals surface area contributed by atoms with Gasteiger partial charge in [0.1, 0.15) is 0 Å². The zero-order valence-electron chi connectivity index (χ0n) is 9.91. The maximum absolute atomic E-state index is 12.6. The molecule has 0 radical (unpaired) electrons. The van der Waals surface area contributed by atoms with E-state index in [2.05, 4.69) is 5.10 Å². The van der Waals surface area contributed by atoms with Crippen molar-refractivity contribution in [2.45, 2.75) is 38.5 Å². The van der Waals surface area contributed by atoms with Gasteiger partial charge in [-0.3, -0.25) is 4.68 Å². The Bertz CT molecular complexity index is 439. The maximum Gasteiger partial charge on any atom is 0.435 e. The summed E-state index contributed by atoms with van der Waals surface area (Å²) in [6.45, 7) is 4.00. The first kappa shape index (κ1) is 12.4. The summed E-state index contributed by atoms with van der Waals surface area (Å²) in [7, 11) is 1.45. The lowest BCUT2D eigenvalue weighted by Gasteiger charge is -2.06. The second-order valence-electron chi connectivity index (χ2n) is 4.22. The van der Waals surface area contributed by atoms with E-state index in [0.717, 1.165) is 4.68 Å². The first-order chi connectivity index (χ1) is 7.91. The third-order valence-electron chi connectivity index (χ3n) is 3.29. The van der Waals surface area contributed by atoms with E-state index in [1.54, 1.807) is 0 Å². The van der Waals surface area contributed by atoms with Crippen LogP contribution in [0.25, 0.3) is 0 Å². The summed E-state index contributed by atoms with van der Waals surface area (Å²) in [5, 5.41) is 13.2. The first-order valence-corrected chi connectivity index (χ1v) is 5.73. The molecule has 0 bridgehead atoms. The zero-order valence-corrected chi connectivity index (χ0v) is 9.91. The SMILES string of the molecule is CC.Cn1nc(C(F)(F)F)c2c1C(O)C1CC21. The van der Waals surface area contributed by atoms with Crippen LogP contribution in [-0.2, 0) is 13.2 Å². The van der Waals surface area contributed by atoms with E-state index in [9.17, 15) is 18.3 Å².